The molecular weight excluding hydrogens is 278 g/mol. The fraction of sp³-hybridized carbons (Fsp3) is 0.684. The van der Waals surface area contributed by atoms with Gasteiger partial charge in [0.1, 0.15) is 0 Å². The van der Waals surface area contributed by atoms with Gasteiger partial charge in [0, 0.05) is 11.1 Å². The summed E-state index contributed by atoms with van der Waals surface area (Å²) in [5.74, 6) is 5.13. The zero-order valence-corrected chi connectivity index (χ0v) is 13.7. The largest absolute Gasteiger partial charge is 0.313 e. The lowest BCUT2D eigenvalue weighted by Gasteiger charge is -2.22. The summed E-state index contributed by atoms with van der Waals surface area (Å²) in [6, 6.07) is 9.03. The van der Waals surface area contributed by atoms with E-state index < -0.39 is 0 Å². The number of benzene rings is 1. The van der Waals surface area contributed by atoms with Crippen LogP contribution in [0, 0.1) is 29.6 Å². The molecule has 0 aromatic heterocycles. The average Bonchev–Trinajstić information content (AvgIpc) is 2.92. The lowest BCUT2D eigenvalue weighted by Crippen LogP contribution is -2.36. The Balaban J connectivity index is 1.49. The third-order valence-corrected chi connectivity index (χ3v) is 6.68. The molecule has 4 rings (SSSR count). The molecule has 21 heavy (non-hydrogen) atoms. The molecule has 5 unspecified atom stereocenters. The molecule has 1 aromatic carbocycles. The van der Waals surface area contributed by atoms with Crippen LogP contribution in [0.5, 0.6) is 0 Å². The lowest BCUT2D eigenvalue weighted by molar-refractivity contribution is 0.361. The predicted molar refractivity (Wildman–Crippen MR) is 88.5 cm³/mol. The van der Waals surface area contributed by atoms with Crippen LogP contribution in [0.2, 0.25) is 5.02 Å². The monoisotopic (exact) mass is 303 g/mol. The van der Waals surface area contributed by atoms with Crippen LogP contribution in [0.3, 0.4) is 0 Å². The maximum Gasteiger partial charge on any atom is 0.0438 e. The Hall–Kier alpha value is -0.530. The summed E-state index contributed by atoms with van der Waals surface area (Å²) >= 11 is 6.39. The second-order valence-electron chi connectivity index (χ2n) is 7.42. The van der Waals surface area contributed by atoms with Gasteiger partial charge in [-0.15, -0.1) is 0 Å². The third kappa shape index (κ3) is 2.43. The second-order valence-corrected chi connectivity index (χ2v) is 7.83. The smallest absolute Gasteiger partial charge is 0.0438 e. The Kier molecular flexibility index (Phi) is 3.75. The van der Waals surface area contributed by atoms with E-state index in [2.05, 4.69) is 24.4 Å². The van der Waals surface area contributed by atoms with E-state index in [1.54, 1.807) is 6.42 Å². The highest BCUT2D eigenvalue weighted by molar-refractivity contribution is 6.31. The number of hydrogen-bond donors (Lipinski definition) is 1. The number of hydrogen-bond acceptors (Lipinski definition) is 1. The minimum Gasteiger partial charge on any atom is -0.313 e. The van der Waals surface area contributed by atoms with Gasteiger partial charge in [0.2, 0.25) is 0 Å². The standard InChI is InChI=1S/C19H26ClN/c1-2-9-21-16(11-12-5-3-4-6-15(12)20)19-17-13-7-8-14(10-13)18(17)19/h3-6,13-14,16-19,21H,2,7-11H2,1H3. The highest BCUT2D eigenvalue weighted by atomic mass is 35.5. The number of fused-ring (bicyclic) bond motifs is 5. The number of halogens is 1. The van der Waals surface area contributed by atoms with Crippen molar-refractivity contribution in [3.8, 4) is 0 Å². The maximum absolute atomic E-state index is 6.39. The van der Waals surface area contributed by atoms with E-state index >= 15 is 0 Å². The number of rotatable bonds is 6. The van der Waals surface area contributed by atoms with Crippen LogP contribution < -0.4 is 5.32 Å². The SMILES string of the molecule is CCCNC(Cc1ccccc1Cl)C1C2C3CCC(C3)C21. The summed E-state index contributed by atoms with van der Waals surface area (Å²) in [6.45, 7) is 3.40. The Bertz CT molecular complexity index is 498. The molecule has 0 amide bonds. The zero-order valence-electron chi connectivity index (χ0n) is 12.9. The highest BCUT2D eigenvalue weighted by Crippen LogP contribution is 2.70. The second kappa shape index (κ2) is 5.59. The van der Waals surface area contributed by atoms with E-state index in [0.29, 0.717) is 6.04 Å². The Morgan fingerprint density at radius 2 is 1.90 bits per heavy atom. The van der Waals surface area contributed by atoms with Crippen molar-refractivity contribution < 1.29 is 0 Å². The molecule has 3 fully saturated rings. The fourth-order valence-electron chi connectivity index (χ4n) is 5.51. The molecule has 2 heteroatoms. The summed E-state index contributed by atoms with van der Waals surface area (Å²) in [7, 11) is 0. The van der Waals surface area contributed by atoms with Gasteiger partial charge in [-0.2, -0.15) is 0 Å². The first-order valence-electron chi connectivity index (χ1n) is 8.76. The van der Waals surface area contributed by atoms with Crippen molar-refractivity contribution in [3.63, 3.8) is 0 Å². The molecule has 0 radical (unpaired) electrons. The van der Waals surface area contributed by atoms with Gasteiger partial charge in [0.25, 0.3) is 0 Å². The molecule has 5 atom stereocenters. The van der Waals surface area contributed by atoms with Crippen LogP contribution in [0.15, 0.2) is 24.3 Å². The topological polar surface area (TPSA) is 12.0 Å². The van der Waals surface area contributed by atoms with Crippen molar-refractivity contribution in [2.45, 2.75) is 45.1 Å². The predicted octanol–water partition coefficient (Wildman–Crippen LogP) is 4.54. The minimum absolute atomic E-state index is 0.642. The summed E-state index contributed by atoms with van der Waals surface area (Å²) in [6.07, 6.45) is 6.88. The first-order valence-corrected chi connectivity index (χ1v) is 9.14. The van der Waals surface area contributed by atoms with Crippen LogP contribution in [0.25, 0.3) is 0 Å². The lowest BCUT2D eigenvalue weighted by atomic mass is 9.93. The van der Waals surface area contributed by atoms with Gasteiger partial charge in [-0.3, -0.25) is 0 Å². The van der Waals surface area contributed by atoms with Crippen LogP contribution in [-0.4, -0.2) is 12.6 Å². The van der Waals surface area contributed by atoms with Crippen molar-refractivity contribution in [2.24, 2.45) is 29.6 Å². The van der Waals surface area contributed by atoms with E-state index in [1.165, 1.54) is 24.8 Å². The minimum atomic E-state index is 0.642. The van der Waals surface area contributed by atoms with Gasteiger partial charge in [-0.1, -0.05) is 36.7 Å². The van der Waals surface area contributed by atoms with Crippen molar-refractivity contribution in [3.05, 3.63) is 34.9 Å². The van der Waals surface area contributed by atoms with Crippen molar-refractivity contribution in [1.82, 2.24) is 5.32 Å². The summed E-state index contributed by atoms with van der Waals surface area (Å²) in [5, 5.41) is 4.79. The first-order chi connectivity index (χ1) is 10.3. The Labute approximate surface area is 133 Å². The molecule has 3 aliphatic carbocycles. The first kappa shape index (κ1) is 14.1. The van der Waals surface area contributed by atoms with E-state index in [0.717, 1.165) is 47.6 Å². The van der Waals surface area contributed by atoms with E-state index in [1.807, 2.05) is 12.1 Å². The highest BCUT2D eigenvalue weighted by Gasteiger charge is 2.66. The van der Waals surface area contributed by atoms with Crippen molar-refractivity contribution >= 4 is 11.6 Å². The normalized spacial score (nSPS) is 37.5. The third-order valence-electron chi connectivity index (χ3n) is 6.31. The van der Waals surface area contributed by atoms with E-state index in [-0.39, 0.29) is 0 Å². The molecule has 1 N–H and O–H groups in total. The molecular formula is C19H26ClN. The Morgan fingerprint density at radius 1 is 1.19 bits per heavy atom. The molecule has 114 valence electrons. The summed E-state index contributed by atoms with van der Waals surface area (Å²) < 4.78 is 0. The van der Waals surface area contributed by atoms with Crippen LogP contribution in [-0.2, 0) is 6.42 Å². The molecule has 0 aliphatic heterocycles. The van der Waals surface area contributed by atoms with Gasteiger partial charge in [0.15, 0.2) is 0 Å². The van der Waals surface area contributed by atoms with Gasteiger partial charge in [-0.25, -0.2) is 0 Å². The Morgan fingerprint density at radius 3 is 2.57 bits per heavy atom. The molecule has 3 saturated carbocycles. The van der Waals surface area contributed by atoms with Gasteiger partial charge in [-0.05, 0) is 79.9 Å². The van der Waals surface area contributed by atoms with Gasteiger partial charge >= 0.3 is 0 Å². The molecule has 0 heterocycles. The van der Waals surface area contributed by atoms with Crippen molar-refractivity contribution in [1.29, 1.82) is 0 Å². The van der Waals surface area contributed by atoms with E-state index in [4.69, 9.17) is 11.6 Å². The van der Waals surface area contributed by atoms with Crippen LogP contribution in [0.1, 0.15) is 38.2 Å². The molecule has 3 aliphatic rings. The average molecular weight is 304 g/mol. The molecule has 1 aromatic rings. The van der Waals surface area contributed by atoms with Crippen molar-refractivity contribution in [2.75, 3.05) is 6.54 Å². The zero-order chi connectivity index (χ0) is 14.4. The summed E-state index contributed by atoms with van der Waals surface area (Å²) in [4.78, 5) is 0. The molecule has 1 nitrogen and oxygen atoms in total. The molecule has 0 saturated heterocycles. The van der Waals surface area contributed by atoms with Crippen LogP contribution >= 0.6 is 11.6 Å². The van der Waals surface area contributed by atoms with Gasteiger partial charge < -0.3 is 5.32 Å². The van der Waals surface area contributed by atoms with E-state index in [9.17, 15) is 0 Å². The molecule has 2 bridgehead atoms. The summed E-state index contributed by atoms with van der Waals surface area (Å²) in [5.41, 5.74) is 1.32. The van der Waals surface area contributed by atoms with Gasteiger partial charge in [0.05, 0.1) is 0 Å². The number of nitrogens with one attached hydrogen (secondary N) is 1. The quantitative estimate of drug-likeness (QED) is 0.813. The fourth-order valence-corrected chi connectivity index (χ4v) is 5.72. The molecule has 0 spiro atoms. The maximum atomic E-state index is 6.39. The van der Waals surface area contributed by atoms with Crippen LogP contribution in [0.4, 0.5) is 0 Å².